The van der Waals surface area contributed by atoms with E-state index in [9.17, 15) is 4.79 Å². The van der Waals surface area contributed by atoms with Crippen LogP contribution in [0.2, 0.25) is 36.8 Å². The zero-order valence-corrected chi connectivity index (χ0v) is 26.1. The third-order valence-electron chi connectivity index (χ3n) is 8.77. The van der Waals surface area contributed by atoms with Gasteiger partial charge in [-0.2, -0.15) is 0 Å². The van der Waals surface area contributed by atoms with Crippen molar-refractivity contribution in [3.63, 3.8) is 0 Å². The number of carbonyl (C=O) groups excluding carboxylic acids is 1. The molecule has 0 amide bonds. The van der Waals surface area contributed by atoms with E-state index in [1.54, 1.807) is 0 Å². The van der Waals surface area contributed by atoms with Crippen LogP contribution in [0.4, 0.5) is 0 Å². The Morgan fingerprint density at radius 3 is 2.09 bits per heavy atom. The molecule has 1 aromatic rings. The van der Waals surface area contributed by atoms with Crippen LogP contribution in [0.1, 0.15) is 91.9 Å². The Bertz CT molecular complexity index is 742. The summed E-state index contributed by atoms with van der Waals surface area (Å²) in [6.07, 6.45) is 13.2. The second kappa shape index (κ2) is 13.7. The quantitative estimate of drug-likeness (QED) is 0.133. The summed E-state index contributed by atoms with van der Waals surface area (Å²) >= 11 is 0. The maximum Gasteiger partial charge on any atom is 0.192 e. The maximum atomic E-state index is 11.9. The number of ether oxygens (including phenoxy) is 1. The molecule has 1 aliphatic heterocycles. The number of benzene rings is 1. The molecule has 0 aromatic heterocycles. The minimum absolute atomic E-state index is 0.00533. The molecule has 0 unspecified atom stereocenters. The maximum absolute atomic E-state index is 11.9. The lowest BCUT2D eigenvalue weighted by Gasteiger charge is -2.43. The average molecular weight is 519 g/mol. The fraction of sp³-hybridized carbons (Fsp3) is 0.767. The Morgan fingerprint density at radius 2 is 1.54 bits per heavy atom. The highest BCUT2D eigenvalue weighted by molar-refractivity contribution is 6.91. The zero-order chi connectivity index (χ0) is 26.1. The molecule has 1 saturated heterocycles. The molecular weight excluding hydrogens is 464 g/mol. The Hall–Kier alpha value is -0.756. The minimum atomic E-state index is -1.98. The number of unbranched alkanes of at least 4 members (excludes halogenated alkanes) is 7. The van der Waals surface area contributed by atoms with Crippen molar-refractivity contribution in [2.45, 2.75) is 147 Å². The largest absolute Gasteiger partial charge is 0.411 e. The van der Waals surface area contributed by atoms with E-state index in [0.29, 0.717) is 5.54 Å². The van der Waals surface area contributed by atoms with Crippen LogP contribution in [0.3, 0.4) is 0 Å². The van der Waals surface area contributed by atoms with Crippen LogP contribution in [0, 0.1) is 0 Å². The predicted octanol–water partition coefficient (Wildman–Crippen LogP) is 8.25. The van der Waals surface area contributed by atoms with E-state index < -0.39 is 16.4 Å². The molecule has 0 saturated carbocycles. The van der Waals surface area contributed by atoms with Gasteiger partial charge in [0.2, 0.25) is 0 Å². The second-order valence-electron chi connectivity index (χ2n) is 12.9. The van der Waals surface area contributed by atoms with E-state index in [0.717, 1.165) is 19.1 Å². The van der Waals surface area contributed by atoms with Crippen LogP contribution in [-0.4, -0.2) is 41.0 Å². The standard InChI is InChI=1S/C30H54O3Si2/c1-9-10-11-12-13-14-15-19-22-27(33-35(7,8)30(2,3)4)29-28(23-25(24-31)32-29)34(5,6)26-20-17-16-18-21-26/h16-18,20-21,24-25,27-29H,9-15,19,22-23H2,1-8H3/t25-,27+,28-,29+/m1/s1. The SMILES string of the molecule is CCCCCCCCCC[C@H](O[Si](C)(C)C(C)(C)C)[C@@H]1O[C@@H](C=O)C[C@H]1[Si](C)(C)c1ccccc1. The van der Waals surface area contributed by atoms with Gasteiger partial charge in [0, 0.05) is 0 Å². The summed E-state index contributed by atoms with van der Waals surface area (Å²) in [6, 6.07) is 10.9. The molecule has 5 heteroatoms. The molecule has 200 valence electrons. The molecule has 1 fully saturated rings. The van der Waals surface area contributed by atoms with Gasteiger partial charge in [-0.05, 0) is 36.5 Å². The van der Waals surface area contributed by atoms with Crippen molar-refractivity contribution < 1.29 is 14.0 Å². The summed E-state index contributed by atoms with van der Waals surface area (Å²) in [5.41, 5.74) is 0.379. The molecule has 0 radical (unpaired) electrons. The van der Waals surface area contributed by atoms with E-state index >= 15 is 0 Å². The van der Waals surface area contributed by atoms with Gasteiger partial charge in [0.1, 0.15) is 12.4 Å². The summed E-state index contributed by atoms with van der Waals surface area (Å²) in [5, 5.41) is 1.60. The van der Waals surface area contributed by atoms with Crippen molar-refractivity contribution in [3.8, 4) is 0 Å². The first-order valence-corrected chi connectivity index (χ1v) is 20.3. The number of hydrogen-bond acceptors (Lipinski definition) is 3. The highest BCUT2D eigenvalue weighted by atomic mass is 28.4. The van der Waals surface area contributed by atoms with Crippen LogP contribution in [-0.2, 0) is 14.0 Å². The number of carbonyl (C=O) groups is 1. The molecule has 3 nitrogen and oxygen atoms in total. The Balaban J connectivity index is 2.20. The highest BCUT2D eigenvalue weighted by Gasteiger charge is 2.51. The fourth-order valence-electron chi connectivity index (χ4n) is 5.28. The first-order valence-electron chi connectivity index (χ1n) is 14.3. The molecular formula is C30H54O3Si2. The lowest BCUT2D eigenvalue weighted by molar-refractivity contribution is -0.119. The fourth-order valence-corrected chi connectivity index (χ4v) is 10.1. The van der Waals surface area contributed by atoms with Crippen molar-refractivity contribution in [1.29, 1.82) is 0 Å². The number of rotatable bonds is 15. The van der Waals surface area contributed by atoms with E-state index in [1.807, 2.05) is 0 Å². The van der Waals surface area contributed by atoms with Crippen LogP contribution in [0.25, 0.3) is 0 Å². The van der Waals surface area contributed by atoms with Crippen LogP contribution >= 0.6 is 0 Å². The molecule has 0 spiro atoms. The first-order chi connectivity index (χ1) is 16.4. The summed E-state index contributed by atoms with van der Waals surface area (Å²) in [5.74, 6) is 0. The summed E-state index contributed by atoms with van der Waals surface area (Å²) in [7, 11) is -3.85. The lowest BCUT2D eigenvalue weighted by Crippen LogP contribution is -2.53. The van der Waals surface area contributed by atoms with Crippen LogP contribution < -0.4 is 5.19 Å². The third kappa shape index (κ3) is 8.65. The summed E-state index contributed by atoms with van der Waals surface area (Å²) in [4.78, 5) is 11.9. The van der Waals surface area contributed by atoms with Gasteiger partial charge in [0.05, 0.1) is 20.3 Å². The monoisotopic (exact) mass is 518 g/mol. The summed E-state index contributed by atoms with van der Waals surface area (Å²) in [6.45, 7) is 18.8. The number of hydrogen-bond donors (Lipinski definition) is 0. The second-order valence-corrected chi connectivity index (χ2v) is 22.4. The van der Waals surface area contributed by atoms with Gasteiger partial charge in [0.25, 0.3) is 0 Å². The van der Waals surface area contributed by atoms with Gasteiger partial charge in [0.15, 0.2) is 8.32 Å². The molecule has 2 rings (SSSR count). The van der Waals surface area contributed by atoms with Crippen molar-refractivity contribution in [2.24, 2.45) is 0 Å². The first kappa shape index (κ1) is 30.5. The van der Waals surface area contributed by atoms with E-state index in [4.69, 9.17) is 9.16 Å². The summed E-state index contributed by atoms with van der Waals surface area (Å²) < 4.78 is 13.7. The van der Waals surface area contributed by atoms with Crippen molar-refractivity contribution >= 4 is 27.9 Å². The topological polar surface area (TPSA) is 35.5 Å². The van der Waals surface area contributed by atoms with Gasteiger partial charge in [-0.25, -0.2) is 0 Å². The smallest absolute Gasteiger partial charge is 0.192 e. The normalized spacial score (nSPS) is 22.3. The van der Waals surface area contributed by atoms with E-state index in [-0.39, 0.29) is 23.4 Å². The Labute approximate surface area is 218 Å². The van der Waals surface area contributed by atoms with Gasteiger partial charge >= 0.3 is 0 Å². The molecule has 1 aliphatic rings. The van der Waals surface area contributed by atoms with Gasteiger partial charge in [-0.15, -0.1) is 0 Å². The lowest BCUT2D eigenvalue weighted by atomic mass is 10.0. The molecule has 1 aromatic carbocycles. The van der Waals surface area contributed by atoms with Crippen molar-refractivity contribution in [1.82, 2.24) is 0 Å². The minimum Gasteiger partial charge on any atom is -0.411 e. The van der Waals surface area contributed by atoms with E-state index in [1.165, 1.54) is 56.6 Å². The molecule has 0 bridgehead atoms. The average Bonchev–Trinajstić information content (AvgIpc) is 3.25. The molecule has 0 N–H and O–H groups in total. The van der Waals surface area contributed by atoms with Crippen molar-refractivity contribution in [3.05, 3.63) is 30.3 Å². The van der Waals surface area contributed by atoms with Crippen LogP contribution in [0.5, 0.6) is 0 Å². The molecule has 1 heterocycles. The molecule has 0 aliphatic carbocycles. The zero-order valence-electron chi connectivity index (χ0n) is 24.1. The number of aldehydes is 1. The Kier molecular flexibility index (Phi) is 11.9. The predicted molar refractivity (Wildman–Crippen MR) is 156 cm³/mol. The Morgan fingerprint density at radius 1 is 0.971 bits per heavy atom. The molecule has 35 heavy (non-hydrogen) atoms. The highest BCUT2D eigenvalue weighted by Crippen LogP contribution is 2.45. The molecule has 4 atom stereocenters. The van der Waals surface area contributed by atoms with Gasteiger partial charge in [-0.1, -0.05) is 128 Å². The van der Waals surface area contributed by atoms with E-state index in [2.05, 4.69) is 84.2 Å². The van der Waals surface area contributed by atoms with Crippen molar-refractivity contribution in [2.75, 3.05) is 0 Å². The van der Waals surface area contributed by atoms with Gasteiger partial charge < -0.3 is 14.0 Å². The third-order valence-corrected chi connectivity index (χ3v) is 17.5. The van der Waals surface area contributed by atoms with Gasteiger partial charge in [-0.3, -0.25) is 0 Å². The van der Waals surface area contributed by atoms with Crippen LogP contribution in [0.15, 0.2) is 30.3 Å².